The quantitative estimate of drug-likeness (QED) is 0.852. The molecule has 1 heterocycles. The number of ether oxygens (including phenoxy) is 1. The molecule has 1 amide bonds. The summed E-state index contributed by atoms with van der Waals surface area (Å²) in [4.78, 5) is 14.4. The lowest BCUT2D eigenvalue weighted by atomic mass is 10.2. The van der Waals surface area contributed by atoms with Crippen molar-refractivity contribution >= 4 is 32.8 Å². The van der Waals surface area contributed by atoms with Gasteiger partial charge >= 0.3 is 12.3 Å². The predicted molar refractivity (Wildman–Crippen MR) is 68.6 cm³/mol. The van der Waals surface area contributed by atoms with E-state index in [9.17, 15) is 18.0 Å². The fourth-order valence-corrected chi connectivity index (χ4v) is 2.36. The molecule has 0 aliphatic carbocycles. The maximum absolute atomic E-state index is 12.5. The van der Waals surface area contributed by atoms with Crippen LogP contribution in [-0.2, 0) is 10.9 Å². The number of anilines is 1. The molecule has 3 N–H and O–H groups in total. The largest absolute Gasteiger partial charge is 0.448 e. The lowest BCUT2D eigenvalue weighted by molar-refractivity contribution is -0.137. The Morgan fingerprint density at radius 1 is 1.45 bits per heavy atom. The van der Waals surface area contributed by atoms with Gasteiger partial charge < -0.3 is 15.8 Å². The van der Waals surface area contributed by atoms with E-state index in [0.29, 0.717) is 9.83 Å². The number of nitrogens with two attached hydrogens (primary N) is 1. The number of halogens is 3. The Hall–Kier alpha value is -2.03. The first-order valence-electron chi connectivity index (χ1n) is 5.50. The number of primary amides is 1. The maximum Gasteiger partial charge on any atom is 0.416 e. The predicted octanol–water partition coefficient (Wildman–Crippen LogP) is 2.82. The molecular weight excluding hydrogens is 295 g/mol. The average Bonchev–Trinajstić information content (AvgIpc) is 2.74. The van der Waals surface area contributed by atoms with Gasteiger partial charge in [0.25, 0.3) is 0 Å². The van der Waals surface area contributed by atoms with Crippen LogP contribution in [0.25, 0.3) is 10.2 Å². The van der Waals surface area contributed by atoms with Gasteiger partial charge in [0.05, 0.1) is 22.3 Å². The number of carbonyl (C=O) groups excluding carboxylic acids is 1. The van der Waals surface area contributed by atoms with Gasteiger partial charge in [-0.25, -0.2) is 9.78 Å². The van der Waals surface area contributed by atoms with Gasteiger partial charge in [-0.15, -0.1) is 0 Å². The van der Waals surface area contributed by atoms with E-state index in [1.165, 1.54) is 17.4 Å². The van der Waals surface area contributed by atoms with Crippen molar-refractivity contribution in [1.29, 1.82) is 0 Å². The Labute approximate surface area is 115 Å². The van der Waals surface area contributed by atoms with Crippen molar-refractivity contribution in [3.63, 3.8) is 0 Å². The summed E-state index contributed by atoms with van der Waals surface area (Å²) in [5.41, 5.74) is 4.31. The van der Waals surface area contributed by atoms with Gasteiger partial charge in [0.1, 0.15) is 6.61 Å². The maximum atomic E-state index is 12.5. The molecule has 0 aliphatic rings. The summed E-state index contributed by atoms with van der Waals surface area (Å²) in [5.74, 6) is 0. The summed E-state index contributed by atoms with van der Waals surface area (Å²) >= 11 is 1.21. The SMILES string of the molecule is NC(=O)OCCNc1nc2cc(C(F)(F)F)ccc2s1. The first kappa shape index (κ1) is 14.4. The fraction of sp³-hybridized carbons (Fsp3) is 0.273. The molecule has 1 aromatic carbocycles. The van der Waals surface area contributed by atoms with Gasteiger partial charge in [0, 0.05) is 0 Å². The van der Waals surface area contributed by atoms with Gasteiger partial charge in [-0.3, -0.25) is 0 Å². The van der Waals surface area contributed by atoms with E-state index < -0.39 is 17.8 Å². The highest BCUT2D eigenvalue weighted by Gasteiger charge is 2.30. The number of amides is 1. The normalized spacial score (nSPS) is 11.6. The number of nitrogens with one attached hydrogen (secondary N) is 1. The van der Waals surface area contributed by atoms with Crippen LogP contribution >= 0.6 is 11.3 Å². The third-order valence-electron chi connectivity index (χ3n) is 2.34. The molecule has 1 aromatic heterocycles. The number of fused-ring (bicyclic) bond motifs is 1. The Morgan fingerprint density at radius 2 is 2.20 bits per heavy atom. The van der Waals surface area contributed by atoms with Crippen LogP contribution in [0, 0.1) is 0 Å². The van der Waals surface area contributed by atoms with Crippen LogP contribution in [0.1, 0.15) is 5.56 Å². The lowest BCUT2D eigenvalue weighted by Gasteiger charge is -2.04. The van der Waals surface area contributed by atoms with Crippen LogP contribution in [0.4, 0.5) is 23.1 Å². The van der Waals surface area contributed by atoms with Crippen molar-refractivity contribution in [2.45, 2.75) is 6.18 Å². The molecule has 0 saturated heterocycles. The number of carbonyl (C=O) groups is 1. The molecule has 20 heavy (non-hydrogen) atoms. The van der Waals surface area contributed by atoms with Gasteiger partial charge in [-0.2, -0.15) is 13.2 Å². The smallest absolute Gasteiger partial charge is 0.416 e. The van der Waals surface area contributed by atoms with Crippen molar-refractivity contribution in [2.24, 2.45) is 5.73 Å². The minimum absolute atomic E-state index is 0.0546. The molecule has 0 bridgehead atoms. The number of hydrogen-bond donors (Lipinski definition) is 2. The molecule has 0 saturated carbocycles. The second kappa shape index (κ2) is 5.53. The summed E-state index contributed by atoms with van der Waals surface area (Å²) in [6.07, 6.45) is -5.27. The van der Waals surface area contributed by atoms with Crippen molar-refractivity contribution < 1.29 is 22.7 Å². The molecule has 0 radical (unpaired) electrons. The first-order valence-corrected chi connectivity index (χ1v) is 6.32. The summed E-state index contributed by atoms with van der Waals surface area (Å²) in [5, 5.41) is 3.29. The van der Waals surface area contributed by atoms with E-state index in [4.69, 9.17) is 5.73 Å². The summed E-state index contributed by atoms with van der Waals surface area (Å²) in [6.45, 7) is 0.327. The molecule has 0 fully saturated rings. The standard InChI is InChI=1S/C11H10F3N3O2S/c12-11(13,14)6-1-2-8-7(5-6)17-10(20-8)16-3-4-19-9(15)18/h1-2,5H,3-4H2,(H2,15,18)(H,16,17). The van der Waals surface area contributed by atoms with Crippen LogP contribution in [0.5, 0.6) is 0 Å². The summed E-state index contributed by atoms with van der Waals surface area (Å²) < 4.78 is 42.8. The van der Waals surface area contributed by atoms with Gasteiger partial charge in [-0.05, 0) is 18.2 Å². The van der Waals surface area contributed by atoms with Crippen molar-refractivity contribution in [3.8, 4) is 0 Å². The number of benzene rings is 1. The zero-order valence-corrected chi connectivity index (χ0v) is 10.8. The van der Waals surface area contributed by atoms with E-state index >= 15 is 0 Å². The molecule has 2 rings (SSSR count). The fourth-order valence-electron chi connectivity index (χ4n) is 1.49. The van der Waals surface area contributed by atoms with Gasteiger partial charge in [0.15, 0.2) is 5.13 Å². The Kier molecular flexibility index (Phi) is 3.98. The molecule has 0 aliphatic heterocycles. The van der Waals surface area contributed by atoms with E-state index in [1.54, 1.807) is 0 Å². The summed E-state index contributed by atoms with van der Waals surface area (Å²) in [6, 6.07) is 3.39. The minimum atomic E-state index is -4.39. The third kappa shape index (κ3) is 3.50. The number of aromatic nitrogens is 1. The number of rotatable bonds is 4. The number of thiazole rings is 1. The number of nitrogens with zero attached hydrogens (tertiary/aromatic N) is 1. The zero-order valence-electron chi connectivity index (χ0n) is 10.0. The summed E-state index contributed by atoms with van der Waals surface area (Å²) in [7, 11) is 0. The molecule has 9 heteroatoms. The molecule has 0 atom stereocenters. The van der Waals surface area contributed by atoms with E-state index in [2.05, 4.69) is 15.0 Å². The second-order valence-electron chi connectivity index (χ2n) is 3.79. The van der Waals surface area contributed by atoms with Crippen LogP contribution in [0.15, 0.2) is 18.2 Å². The second-order valence-corrected chi connectivity index (χ2v) is 4.82. The van der Waals surface area contributed by atoms with Crippen molar-refractivity contribution in [3.05, 3.63) is 23.8 Å². The Morgan fingerprint density at radius 3 is 2.85 bits per heavy atom. The van der Waals surface area contributed by atoms with E-state index in [-0.39, 0.29) is 18.7 Å². The zero-order chi connectivity index (χ0) is 14.8. The average molecular weight is 305 g/mol. The van der Waals surface area contributed by atoms with Crippen molar-refractivity contribution in [1.82, 2.24) is 4.98 Å². The highest BCUT2D eigenvalue weighted by atomic mass is 32.1. The topological polar surface area (TPSA) is 77.2 Å². The van der Waals surface area contributed by atoms with E-state index in [1.807, 2.05) is 0 Å². The van der Waals surface area contributed by atoms with Crippen molar-refractivity contribution in [2.75, 3.05) is 18.5 Å². The molecular formula is C11H10F3N3O2S. The highest BCUT2D eigenvalue weighted by molar-refractivity contribution is 7.22. The molecule has 5 nitrogen and oxygen atoms in total. The van der Waals surface area contributed by atoms with E-state index in [0.717, 1.165) is 12.1 Å². The monoisotopic (exact) mass is 305 g/mol. The highest BCUT2D eigenvalue weighted by Crippen LogP contribution is 2.33. The number of hydrogen-bond acceptors (Lipinski definition) is 5. The Bertz CT molecular complexity index is 627. The first-order chi connectivity index (χ1) is 9.36. The minimum Gasteiger partial charge on any atom is -0.448 e. The third-order valence-corrected chi connectivity index (χ3v) is 3.33. The van der Waals surface area contributed by atoms with Gasteiger partial charge in [-0.1, -0.05) is 11.3 Å². The van der Waals surface area contributed by atoms with Crippen LogP contribution in [0.3, 0.4) is 0 Å². The lowest BCUT2D eigenvalue weighted by Crippen LogP contribution is -2.18. The molecule has 0 spiro atoms. The Balaban J connectivity index is 2.07. The molecule has 0 unspecified atom stereocenters. The van der Waals surface area contributed by atoms with Crippen LogP contribution in [-0.4, -0.2) is 24.2 Å². The van der Waals surface area contributed by atoms with Crippen LogP contribution in [0.2, 0.25) is 0 Å². The number of alkyl halides is 3. The molecule has 108 valence electrons. The van der Waals surface area contributed by atoms with Gasteiger partial charge in [0.2, 0.25) is 0 Å². The van der Waals surface area contributed by atoms with Crippen LogP contribution < -0.4 is 11.1 Å². The molecule has 2 aromatic rings.